The highest BCUT2D eigenvalue weighted by molar-refractivity contribution is 8.05. The zero-order chi connectivity index (χ0) is 28.3. The van der Waals surface area contributed by atoms with Crippen LogP contribution in [0, 0.1) is 6.92 Å². The topological polar surface area (TPSA) is 93.6 Å². The number of hydrogen-bond donors (Lipinski definition) is 1. The molecule has 1 aromatic heterocycles. The van der Waals surface area contributed by atoms with E-state index in [1.54, 1.807) is 6.92 Å². The highest BCUT2D eigenvalue weighted by Crippen LogP contribution is 2.57. The van der Waals surface area contributed by atoms with Crippen molar-refractivity contribution in [3.63, 3.8) is 0 Å². The fourth-order valence-electron chi connectivity index (χ4n) is 5.39. The first kappa shape index (κ1) is 28.6. The molecule has 8 nitrogen and oxygen atoms in total. The Hall–Kier alpha value is -2.97. The summed E-state index contributed by atoms with van der Waals surface area (Å²) < 4.78 is 25.0. The minimum absolute atomic E-state index is 0.178. The number of hydrogen-bond acceptors (Lipinski definition) is 6. The first-order chi connectivity index (χ1) is 19.2. The maximum absolute atomic E-state index is 13.0. The summed E-state index contributed by atoms with van der Waals surface area (Å²) in [6, 6.07) is 30.2. The number of benzene rings is 3. The largest absolute Gasteiger partial charge is 0.380 e. The van der Waals surface area contributed by atoms with E-state index in [1.807, 2.05) is 54.6 Å². The van der Waals surface area contributed by atoms with E-state index >= 15 is 0 Å². The van der Waals surface area contributed by atoms with Crippen molar-refractivity contribution < 1.29 is 13.8 Å². The molecule has 2 atom stereocenters. The van der Waals surface area contributed by atoms with Gasteiger partial charge in [-0.25, -0.2) is 4.79 Å². The van der Waals surface area contributed by atoms with Gasteiger partial charge in [-0.15, -0.1) is 0 Å². The van der Waals surface area contributed by atoms with E-state index in [2.05, 4.69) is 46.3 Å². The molecule has 1 aliphatic rings. The third kappa shape index (κ3) is 5.88. The number of aromatic nitrogens is 2. The Morgan fingerprint density at radius 2 is 1.40 bits per heavy atom. The normalized spacial score (nSPS) is 18.5. The summed E-state index contributed by atoms with van der Waals surface area (Å²) in [5, 5.41) is 0. The molecule has 1 N–H and O–H groups in total. The molecule has 1 unspecified atom stereocenters. The van der Waals surface area contributed by atoms with Crippen molar-refractivity contribution >= 4 is 28.6 Å². The predicted octanol–water partition coefficient (Wildman–Crippen LogP) is 5.64. The quantitative estimate of drug-likeness (QED) is 0.208. The van der Waals surface area contributed by atoms with Crippen molar-refractivity contribution in [1.29, 1.82) is 0 Å². The molecular weight excluding hydrogens is 572 g/mol. The second kappa shape index (κ2) is 11.9. The number of ether oxygens (including phenoxy) is 1. The Morgan fingerprint density at radius 1 is 0.900 bits per heavy atom. The number of halogens is 2. The van der Waals surface area contributed by atoms with Crippen LogP contribution in [0.4, 0.5) is 0 Å². The molecule has 0 aliphatic carbocycles. The fraction of sp³-hybridized carbons (Fsp3) is 0.241. The molecule has 208 valence electrons. The van der Waals surface area contributed by atoms with Gasteiger partial charge >= 0.3 is 11.8 Å². The zero-order valence-corrected chi connectivity index (χ0v) is 24.1. The van der Waals surface area contributed by atoms with Crippen LogP contribution in [0.3, 0.4) is 0 Å². The molecule has 1 aliphatic heterocycles. The summed E-state index contributed by atoms with van der Waals surface area (Å²) >= 11 is 11.4. The van der Waals surface area contributed by atoms with Crippen LogP contribution < -0.4 is 11.2 Å². The molecule has 0 bridgehead atoms. The van der Waals surface area contributed by atoms with Crippen LogP contribution in [-0.4, -0.2) is 40.3 Å². The number of morpholine rings is 1. The number of aromatic amines is 1. The van der Waals surface area contributed by atoms with E-state index in [1.165, 1.54) is 10.8 Å². The molecule has 4 aromatic rings. The Balaban J connectivity index is 1.72. The van der Waals surface area contributed by atoms with Gasteiger partial charge in [-0.1, -0.05) is 91.0 Å². The predicted molar refractivity (Wildman–Crippen MR) is 156 cm³/mol. The smallest absolute Gasteiger partial charge is 0.350 e. The summed E-state index contributed by atoms with van der Waals surface area (Å²) in [7, 11) is 0. The maximum atomic E-state index is 13.0. The van der Waals surface area contributed by atoms with Gasteiger partial charge in [0.05, 0.1) is 18.2 Å². The Bertz CT molecular complexity index is 1510. The highest BCUT2D eigenvalue weighted by Gasteiger charge is 2.46. The van der Waals surface area contributed by atoms with Gasteiger partial charge in [0.1, 0.15) is 0 Å². The third-order valence-electron chi connectivity index (χ3n) is 7.07. The molecular formula is C29H28Cl2N3O5P. The van der Waals surface area contributed by atoms with E-state index in [0.29, 0.717) is 12.1 Å². The molecule has 11 heteroatoms. The van der Waals surface area contributed by atoms with Crippen LogP contribution in [-0.2, 0) is 19.4 Å². The van der Waals surface area contributed by atoms with Gasteiger partial charge < -0.3 is 9.26 Å². The van der Waals surface area contributed by atoms with E-state index in [-0.39, 0.29) is 13.2 Å². The average molecular weight is 600 g/mol. The van der Waals surface area contributed by atoms with E-state index in [9.17, 15) is 14.2 Å². The third-order valence-corrected chi connectivity index (χ3v) is 8.10. The van der Waals surface area contributed by atoms with Gasteiger partial charge in [0.2, 0.25) is 0 Å². The van der Waals surface area contributed by atoms with E-state index in [0.717, 1.165) is 16.7 Å². The number of nitrogens with zero attached hydrogens (tertiary/aromatic N) is 2. The summed E-state index contributed by atoms with van der Waals surface area (Å²) in [5.74, 6) is 0. The summed E-state index contributed by atoms with van der Waals surface area (Å²) in [6.07, 6.45) is -3.88. The van der Waals surface area contributed by atoms with Gasteiger partial charge in [-0.3, -0.25) is 23.8 Å². The lowest BCUT2D eigenvalue weighted by Crippen LogP contribution is -2.58. The van der Waals surface area contributed by atoms with Crippen LogP contribution >= 0.6 is 28.6 Å². The van der Waals surface area contributed by atoms with Gasteiger partial charge in [-0.05, 0) is 46.1 Å². The molecule has 2 heterocycles. The van der Waals surface area contributed by atoms with Gasteiger partial charge in [0.15, 0.2) is 6.23 Å². The van der Waals surface area contributed by atoms with Crippen molar-refractivity contribution in [1.82, 2.24) is 14.5 Å². The molecule has 40 heavy (non-hydrogen) atoms. The lowest BCUT2D eigenvalue weighted by atomic mass is 9.75. The standard InChI is InChI=1S/C29H28Cl2N3O5P/c1-21-17-34(28(36)32-27(21)35)26-19-33(18-25(39-26)20-38-40(30,31)37)29(22-11-5-2-6-12-22,23-13-7-3-8-14-23)24-15-9-4-10-16-24/h2-17,25-26H,18-20H2,1H3,(H,32,35,36)/t25-,26?/m0/s1. The molecule has 0 saturated carbocycles. The zero-order valence-electron chi connectivity index (χ0n) is 21.7. The monoisotopic (exact) mass is 599 g/mol. The lowest BCUT2D eigenvalue weighted by molar-refractivity contribution is -0.147. The van der Waals surface area contributed by atoms with Gasteiger partial charge in [0.25, 0.3) is 5.56 Å². The first-order valence-corrected chi connectivity index (χ1v) is 16.1. The Labute approximate surface area is 241 Å². The molecule has 1 saturated heterocycles. The van der Waals surface area contributed by atoms with Crippen LogP contribution in [0.25, 0.3) is 0 Å². The number of rotatable bonds is 8. The Morgan fingerprint density at radius 3 is 1.88 bits per heavy atom. The number of nitrogens with one attached hydrogen (secondary N) is 1. The van der Waals surface area contributed by atoms with Crippen molar-refractivity contribution in [2.75, 3.05) is 19.7 Å². The van der Waals surface area contributed by atoms with Gasteiger partial charge in [-0.2, -0.15) is 0 Å². The minimum atomic E-state index is -3.85. The maximum Gasteiger partial charge on any atom is 0.380 e. The van der Waals surface area contributed by atoms with Crippen LogP contribution in [0.15, 0.2) is 107 Å². The second-order valence-corrected chi connectivity index (χ2v) is 13.9. The molecule has 0 amide bonds. The van der Waals surface area contributed by atoms with E-state index in [4.69, 9.17) is 31.7 Å². The van der Waals surface area contributed by atoms with Crippen LogP contribution in [0.1, 0.15) is 28.5 Å². The molecule has 0 spiro atoms. The highest BCUT2D eigenvalue weighted by atomic mass is 35.9. The average Bonchev–Trinajstić information content (AvgIpc) is 2.96. The first-order valence-electron chi connectivity index (χ1n) is 12.7. The molecule has 0 radical (unpaired) electrons. The molecule has 1 fully saturated rings. The summed E-state index contributed by atoms with van der Waals surface area (Å²) in [5.41, 5.74) is 1.46. The summed E-state index contributed by atoms with van der Waals surface area (Å²) in [6.45, 7) is 2.03. The van der Waals surface area contributed by atoms with E-state index < -0.39 is 35.2 Å². The van der Waals surface area contributed by atoms with Crippen LogP contribution in [0.5, 0.6) is 0 Å². The number of aryl methyl sites for hydroxylation is 1. The van der Waals surface area contributed by atoms with Crippen molar-refractivity contribution in [2.45, 2.75) is 24.8 Å². The van der Waals surface area contributed by atoms with Gasteiger partial charge in [0, 0.05) is 24.8 Å². The molecule has 3 aromatic carbocycles. The Kier molecular flexibility index (Phi) is 8.47. The van der Waals surface area contributed by atoms with Crippen molar-refractivity contribution in [3.05, 3.63) is 140 Å². The minimum Gasteiger partial charge on any atom is -0.350 e. The van der Waals surface area contributed by atoms with Crippen molar-refractivity contribution in [2.24, 2.45) is 0 Å². The lowest BCUT2D eigenvalue weighted by Gasteiger charge is -2.50. The van der Waals surface area contributed by atoms with Crippen molar-refractivity contribution in [3.8, 4) is 0 Å². The number of H-pyrrole nitrogens is 1. The SMILES string of the molecule is Cc1cn(C2CN(C(c3ccccc3)(c3ccccc3)c3ccccc3)C[C@@H](COP(=O)(Cl)Cl)O2)c(=O)[nH]c1=O. The fourth-order valence-corrected chi connectivity index (χ4v) is 6.07. The molecule has 5 rings (SSSR count). The second-order valence-electron chi connectivity index (χ2n) is 9.62. The summed E-state index contributed by atoms with van der Waals surface area (Å²) in [4.78, 5) is 29.7. The van der Waals surface area contributed by atoms with Crippen LogP contribution in [0.2, 0.25) is 0 Å².